The van der Waals surface area contributed by atoms with Gasteiger partial charge in [0.2, 0.25) is 0 Å². The van der Waals surface area contributed by atoms with Gasteiger partial charge in [-0.3, -0.25) is 4.99 Å². The third-order valence-electron chi connectivity index (χ3n) is 5.10. The molecule has 1 heterocycles. The molecular weight excluding hydrogens is 467 g/mol. The summed E-state index contributed by atoms with van der Waals surface area (Å²) >= 11 is 6.15. The Balaban J connectivity index is 0.00000243. The fourth-order valence-electron chi connectivity index (χ4n) is 3.41. The van der Waals surface area contributed by atoms with Crippen molar-refractivity contribution in [3.8, 4) is 5.75 Å². The van der Waals surface area contributed by atoms with Gasteiger partial charge in [0.1, 0.15) is 5.75 Å². The Labute approximate surface area is 177 Å². The molecule has 1 unspecified atom stereocenters. The van der Waals surface area contributed by atoms with E-state index in [1.807, 2.05) is 18.2 Å². The van der Waals surface area contributed by atoms with Crippen molar-refractivity contribution in [3.05, 3.63) is 23.2 Å². The van der Waals surface area contributed by atoms with E-state index < -0.39 is 5.60 Å². The minimum absolute atomic E-state index is 0. The van der Waals surface area contributed by atoms with Crippen molar-refractivity contribution in [2.45, 2.75) is 37.3 Å². The molecule has 3 N–H and O–H groups in total. The number of aliphatic imine (C=N–C) groups is 1. The number of methoxy groups -OCH3 is 1. The molecule has 1 aliphatic heterocycles. The first-order valence-corrected chi connectivity index (χ1v) is 9.19. The van der Waals surface area contributed by atoms with Gasteiger partial charge in [0.05, 0.1) is 18.4 Å². The summed E-state index contributed by atoms with van der Waals surface area (Å²) in [6.07, 6.45) is 3.83. The first-order chi connectivity index (χ1) is 12.0. The maximum absolute atomic E-state index is 10.2. The van der Waals surface area contributed by atoms with E-state index in [1.54, 1.807) is 14.2 Å². The number of hydrogen-bond acceptors (Lipinski definition) is 4. The van der Waals surface area contributed by atoms with Gasteiger partial charge in [-0.25, -0.2) is 0 Å². The van der Waals surface area contributed by atoms with Crippen LogP contribution in [0.2, 0.25) is 5.02 Å². The average Bonchev–Trinajstić information content (AvgIpc) is 3.05. The molecule has 0 spiro atoms. The van der Waals surface area contributed by atoms with Crippen LogP contribution in [0.1, 0.15) is 25.7 Å². The molecule has 0 amide bonds. The molecular formula is C18H28ClIN4O2. The first-order valence-electron chi connectivity index (χ1n) is 8.81. The van der Waals surface area contributed by atoms with Crippen molar-refractivity contribution in [1.29, 1.82) is 0 Å². The minimum atomic E-state index is -0.562. The predicted octanol–water partition coefficient (Wildman–Crippen LogP) is 2.63. The molecule has 1 atom stereocenters. The maximum atomic E-state index is 10.2. The van der Waals surface area contributed by atoms with Crippen LogP contribution in [0, 0.1) is 0 Å². The molecule has 0 radical (unpaired) electrons. The van der Waals surface area contributed by atoms with Crippen LogP contribution in [0.25, 0.3) is 0 Å². The van der Waals surface area contributed by atoms with Gasteiger partial charge in [-0.2, -0.15) is 0 Å². The van der Waals surface area contributed by atoms with Crippen molar-refractivity contribution < 1.29 is 9.84 Å². The van der Waals surface area contributed by atoms with Crippen LogP contribution in [0.4, 0.5) is 5.69 Å². The molecule has 1 aromatic rings. The highest BCUT2D eigenvalue weighted by Crippen LogP contribution is 2.33. The van der Waals surface area contributed by atoms with Crippen molar-refractivity contribution in [2.24, 2.45) is 4.99 Å². The summed E-state index contributed by atoms with van der Waals surface area (Å²) in [4.78, 5) is 6.55. The number of ether oxygens (including phenoxy) is 1. The molecule has 1 saturated carbocycles. The quantitative estimate of drug-likeness (QED) is 0.334. The highest BCUT2D eigenvalue weighted by atomic mass is 127. The molecule has 0 bridgehead atoms. The van der Waals surface area contributed by atoms with E-state index in [2.05, 4.69) is 20.5 Å². The van der Waals surface area contributed by atoms with Gasteiger partial charge in [-0.05, 0) is 43.9 Å². The Bertz CT molecular complexity index is 640. The molecule has 146 valence electrons. The lowest BCUT2D eigenvalue weighted by Crippen LogP contribution is -2.52. The number of halogens is 2. The Kier molecular flexibility index (Phi) is 7.66. The highest BCUT2D eigenvalue weighted by molar-refractivity contribution is 14.0. The summed E-state index contributed by atoms with van der Waals surface area (Å²) in [5.74, 6) is 1.57. The molecule has 0 aromatic heterocycles. The predicted molar refractivity (Wildman–Crippen MR) is 117 cm³/mol. The van der Waals surface area contributed by atoms with Crippen LogP contribution in [0.3, 0.4) is 0 Å². The fraction of sp³-hybridized carbons (Fsp3) is 0.611. The summed E-state index contributed by atoms with van der Waals surface area (Å²) < 4.78 is 5.46. The molecule has 2 aliphatic rings. The first kappa shape index (κ1) is 21.4. The fourth-order valence-corrected chi connectivity index (χ4v) is 3.57. The zero-order chi connectivity index (χ0) is 17.9. The SMILES string of the molecule is CN=C(NCC1(O)CCC1)NC1CCN(c2cc(Cl)ccc2OC)C1.I. The summed E-state index contributed by atoms with van der Waals surface area (Å²) in [5, 5.41) is 17.6. The maximum Gasteiger partial charge on any atom is 0.191 e. The number of anilines is 1. The summed E-state index contributed by atoms with van der Waals surface area (Å²) in [5.41, 5.74) is 0.457. The van der Waals surface area contributed by atoms with Gasteiger partial charge in [-0.1, -0.05) is 11.6 Å². The molecule has 1 saturated heterocycles. The van der Waals surface area contributed by atoms with Crippen LogP contribution in [-0.2, 0) is 0 Å². The molecule has 8 heteroatoms. The third-order valence-corrected chi connectivity index (χ3v) is 5.34. The number of benzene rings is 1. The van der Waals surface area contributed by atoms with Gasteiger partial charge in [0.15, 0.2) is 5.96 Å². The zero-order valence-electron chi connectivity index (χ0n) is 15.3. The lowest BCUT2D eigenvalue weighted by atomic mass is 9.80. The van der Waals surface area contributed by atoms with E-state index in [0.717, 1.165) is 56.2 Å². The number of nitrogens with zero attached hydrogens (tertiary/aromatic N) is 2. The second-order valence-corrected chi connectivity index (χ2v) is 7.33. The molecule has 6 nitrogen and oxygen atoms in total. The topological polar surface area (TPSA) is 69.1 Å². The molecule has 2 fully saturated rings. The van der Waals surface area contributed by atoms with E-state index in [4.69, 9.17) is 16.3 Å². The Hall–Kier alpha value is -0.930. The van der Waals surface area contributed by atoms with Crippen LogP contribution in [0.5, 0.6) is 5.75 Å². The molecule has 26 heavy (non-hydrogen) atoms. The Morgan fingerprint density at radius 3 is 2.85 bits per heavy atom. The number of guanidine groups is 1. The molecule has 1 aromatic carbocycles. The van der Waals surface area contributed by atoms with Crippen molar-refractivity contribution in [3.63, 3.8) is 0 Å². The van der Waals surface area contributed by atoms with Crippen molar-refractivity contribution in [1.82, 2.24) is 10.6 Å². The molecule has 3 rings (SSSR count). The number of hydrogen-bond donors (Lipinski definition) is 3. The van der Waals surface area contributed by atoms with Crippen LogP contribution in [-0.4, -0.2) is 56.5 Å². The average molecular weight is 495 g/mol. The zero-order valence-corrected chi connectivity index (χ0v) is 18.4. The second-order valence-electron chi connectivity index (χ2n) is 6.90. The normalized spacial score (nSPS) is 21.6. The van der Waals surface area contributed by atoms with Crippen molar-refractivity contribution in [2.75, 3.05) is 38.7 Å². The number of nitrogens with one attached hydrogen (secondary N) is 2. The Morgan fingerprint density at radius 2 is 2.23 bits per heavy atom. The number of aliphatic hydroxyl groups is 1. The minimum Gasteiger partial charge on any atom is -0.495 e. The summed E-state index contributed by atoms with van der Waals surface area (Å²) in [6, 6.07) is 5.97. The van der Waals surface area contributed by atoms with E-state index in [-0.39, 0.29) is 30.0 Å². The van der Waals surface area contributed by atoms with Gasteiger partial charge >= 0.3 is 0 Å². The van der Waals surface area contributed by atoms with Gasteiger partial charge in [0.25, 0.3) is 0 Å². The second kappa shape index (κ2) is 9.32. The van der Waals surface area contributed by atoms with Crippen LogP contribution >= 0.6 is 35.6 Å². The third kappa shape index (κ3) is 5.07. The number of rotatable bonds is 5. The highest BCUT2D eigenvalue weighted by Gasteiger charge is 2.34. The Morgan fingerprint density at radius 1 is 1.46 bits per heavy atom. The van der Waals surface area contributed by atoms with Gasteiger partial charge in [0, 0.05) is 37.7 Å². The van der Waals surface area contributed by atoms with E-state index >= 15 is 0 Å². The smallest absolute Gasteiger partial charge is 0.191 e. The van der Waals surface area contributed by atoms with Gasteiger partial charge in [-0.15, -0.1) is 24.0 Å². The summed E-state index contributed by atoms with van der Waals surface area (Å²) in [7, 11) is 3.43. The molecule has 1 aliphatic carbocycles. The van der Waals surface area contributed by atoms with Crippen LogP contribution in [0.15, 0.2) is 23.2 Å². The van der Waals surface area contributed by atoms with E-state index in [0.29, 0.717) is 11.6 Å². The largest absolute Gasteiger partial charge is 0.495 e. The standard InChI is InChI=1S/C18H27ClN4O2.HI/c1-20-17(21-12-18(24)7-3-8-18)22-14-6-9-23(11-14)15-10-13(19)4-5-16(15)25-2;/h4-5,10,14,24H,3,6-9,11-12H2,1-2H3,(H2,20,21,22);1H. The lowest BCUT2D eigenvalue weighted by molar-refractivity contribution is -0.0279. The van der Waals surface area contributed by atoms with E-state index in [1.165, 1.54) is 0 Å². The van der Waals surface area contributed by atoms with Crippen LogP contribution < -0.4 is 20.3 Å². The van der Waals surface area contributed by atoms with E-state index in [9.17, 15) is 5.11 Å². The van der Waals surface area contributed by atoms with Gasteiger partial charge < -0.3 is 25.4 Å². The van der Waals surface area contributed by atoms with Crippen molar-refractivity contribution >= 4 is 47.2 Å². The lowest BCUT2D eigenvalue weighted by Gasteiger charge is -2.37. The monoisotopic (exact) mass is 494 g/mol. The summed E-state index contributed by atoms with van der Waals surface area (Å²) in [6.45, 7) is 2.32.